The van der Waals surface area contributed by atoms with E-state index >= 15 is 0 Å². The molecule has 0 bridgehead atoms. The Morgan fingerprint density at radius 3 is 1.25 bits per heavy atom. The molecule has 0 aromatic rings. The van der Waals surface area contributed by atoms with Crippen molar-refractivity contribution in [3.8, 4) is 0 Å². The summed E-state index contributed by atoms with van der Waals surface area (Å²) in [6.45, 7) is 0. The van der Waals surface area contributed by atoms with E-state index in [4.69, 9.17) is 0 Å². The molecule has 0 aromatic heterocycles. The van der Waals surface area contributed by atoms with Crippen LogP contribution < -0.4 is 0 Å². The minimum absolute atomic E-state index is 0. The second-order valence-corrected chi connectivity index (χ2v) is 16.9. The fraction of sp³-hybridized carbons (Fsp3) is 0. The van der Waals surface area contributed by atoms with Crippen LogP contribution in [0.5, 0.6) is 0 Å². The Hall–Kier alpha value is 1.84. The van der Waals surface area contributed by atoms with Gasteiger partial charge in [-0.1, -0.05) is 0 Å². The summed E-state index contributed by atoms with van der Waals surface area (Å²) in [5.74, 6) is 0. The Labute approximate surface area is 48.3 Å². The molecule has 0 saturated heterocycles. The van der Waals surface area contributed by atoms with Crippen molar-refractivity contribution in [2.45, 2.75) is 0 Å². The molecule has 0 aliphatic carbocycles. The molecule has 0 aromatic carbocycles. The monoisotopic (exact) mass is 384 g/mol. The Kier molecular flexibility index (Phi) is 20.5. The van der Waals surface area contributed by atoms with Gasteiger partial charge in [-0.15, -0.1) is 0 Å². The fourth-order valence-corrected chi connectivity index (χ4v) is 0. The van der Waals surface area contributed by atoms with Crippen LogP contribution in [0, 0.1) is 0 Å². The number of rotatable bonds is 0. The molecule has 0 aliphatic heterocycles. The average Bonchev–Trinajstić information content (AvgIpc) is 0.918. The van der Waals surface area contributed by atoms with E-state index in [2.05, 4.69) is 24.0 Å². The third-order valence-corrected chi connectivity index (χ3v) is 0. The van der Waals surface area contributed by atoms with Gasteiger partial charge in [0.25, 0.3) is 0 Å². The van der Waals surface area contributed by atoms with E-state index in [1.54, 1.807) is 0 Å². The molecule has 2 N–H and O–H groups in total. The van der Waals surface area contributed by atoms with Crippen molar-refractivity contribution in [2.75, 3.05) is 0 Å². The van der Waals surface area contributed by atoms with Gasteiger partial charge in [-0.05, 0) is 0 Å². The molecule has 1 nitrogen and oxygen atoms in total. The molecular weight excluding hydrogens is 383 g/mol. The molecule has 0 heterocycles. The van der Waals surface area contributed by atoms with Gasteiger partial charge in [0.2, 0.25) is 0 Å². The van der Waals surface area contributed by atoms with Gasteiger partial charge in [-0.2, -0.15) is 0 Å². The SMILES string of the molecule is O.[Br][Pb][Br]. The van der Waals surface area contributed by atoms with Gasteiger partial charge >= 0.3 is 43.4 Å². The van der Waals surface area contributed by atoms with Crippen LogP contribution in [0.4, 0.5) is 0 Å². The van der Waals surface area contributed by atoms with E-state index in [-0.39, 0.29) is 24.9 Å². The van der Waals surface area contributed by atoms with Crippen LogP contribution in [0.1, 0.15) is 0 Å². The van der Waals surface area contributed by atoms with Gasteiger partial charge < -0.3 is 5.48 Å². The molecule has 0 unspecified atom stereocenters. The molecule has 0 saturated carbocycles. The molecule has 0 spiro atoms. The van der Waals surface area contributed by atoms with Gasteiger partial charge in [-0.3, -0.25) is 0 Å². The van der Waals surface area contributed by atoms with Gasteiger partial charge in [-0.25, -0.2) is 0 Å². The maximum atomic E-state index is 3.26. The summed E-state index contributed by atoms with van der Waals surface area (Å²) in [5.41, 5.74) is 0. The van der Waals surface area contributed by atoms with E-state index in [0.717, 1.165) is 0 Å². The first kappa shape index (κ1) is 9.28. The van der Waals surface area contributed by atoms with Crippen LogP contribution in [0.15, 0.2) is 0 Å². The molecule has 26 valence electrons. The summed E-state index contributed by atoms with van der Waals surface area (Å²) < 4.78 is 0. The summed E-state index contributed by atoms with van der Waals surface area (Å²) in [4.78, 5) is 0. The maximum absolute atomic E-state index is 3.26. The van der Waals surface area contributed by atoms with Crippen LogP contribution in [0.2, 0.25) is 0 Å². The molecule has 0 atom stereocenters. The van der Waals surface area contributed by atoms with Crippen LogP contribution in [0.25, 0.3) is 0 Å². The third-order valence-electron chi connectivity index (χ3n) is 0. The van der Waals surface area contributed by atoms with E-state index in [1.165, 1.54) is 0 Å². The standard InChI is InChI=1S/2BrH.H2O.Pb/h2*1H;1H2;/q;;;+2/p-2. The van der Waals surface area contributed by atoms with Gasteiger partial charge in [0.05, 0.1) is 0 Å². The quantitative estimate of drug-likeness (QED) is 0.544. The number of hydrogen-bond donors (Lipinski definition) is 0. The summed E-state index contributed by atoms with van der Waals surface area (Å²) >= 11 is 6.22. The van der Waals surface area contributed by atoms with Gasteiger partial charge in [0.1, 0.15) is 0 Å². The van der Waals surface area contributed by atoms with E-state index < -0.39 is 0 Å². The van der Waals surface area contributed by atoms with Crippen molar-refractivity contribution in [1.82, 2.24) is 0 Å². The van der Waals surface area contributed by atoms with Gasteiger partial charge in [0.15, 0.2) is 0 Å². The first-order chi connectivity index (χ1) is 1.41. The van der Waals surface area contributed by atoms with Crippen molar-refractivity contribution in [3.05, 3.63) is 0 Å². The van der Waals surface area contributed by atoms with Crippen LogP contribution in [-0.4, -0.2) is 24.9 Å². The first-order valence-electron chi connectivity index (χ1n) is 0.378. The number of halogens is 2. The second-order valence-electron chi connectivity index (χ2n) is 0.0714. The first-order valence-corrected chi connectivity index (χ1v) is 17.2. The minimum atomic E-state index is -0.292. The third kappa shape index (κ3) is 9.15. The molecule has 0 amide bonds. The van der Waals surface area contributed by atoms with Crippen molar-refractivity contribution < 1.29 is 5.48 Å². The normalized spacial score (nSPS) is 4.50. The molecule has 0 fully saturated rings. The summed E-state index contributed by atoms with van der Waals surface area (Å²) in [6, 6.07) is 0. The van der Waals surface area contributed by atoms with E-state index in [0.29, 0.717) is 0 Å². The van der Waals surface area contributed by atoms with Crippen LogP contribution in [0.3, 0.4) is 0 Å². The van der Waals surface area contributed by atoms with Crippen molar-refractivity contribution in [2.24, 2.45) is 0 Å². The predicted molar refractivity (Wildman–Crippen MR) is 27.2 cm³/mol. The molecule has 0 rings (SSSR count). The topological polar surface area (TPSA) is 31.5 Å². The van der Waals surface area contributed by atoms with Gasteiger partial charge in [0, 0.05) is 0 Å². The zero-order chi connectivity index (χ0) is 2.71. The molecule has 4 heavy (non-hydrogen) atoms. The Bertz CT molecular complexity index is 6.00. The zero-order valence-corrected chi connectivity index (χ0v) is 8.82. The van der Waals surface area contributed by atoms with Crippen LogP contribution in [-0.2, 0) is 0 Å². The van der Waals surface area contributed by atoms with Crippen molar-refractivity contribution in [1.29, 1.82) is 0 Å². The molecule has 4 heteroatoms. The van der Waals surface area contributed by atoms with E-state index in [1.807, 2.05) is 0 Å². The van der Waals surface area contributed by atoms with E-state index in [9.17, 15) is 0 Å². The molecule has 2 radical (unpaired) electrons. The van der Waals surface area contributed by atoms with Crippen LogP contribution >= 0.6 is 24.0 Å². The van der Waals surface area contributed by atoms with Crippen molar-refractivity contribution >= 4 is 43.4 Å². The molecule has 0 aliphatic rings. The summed E-state index contributed by atoms with van der Waals surface area (Å²) in [7, 11) is 0. The Morgan fingerprint density at radius 2 is 1.25 bits per heavy atom. The Morgan fingerprint density at radius 1 is 1.25 bits per heavy atom. The van der Waals surface area contributed by atoms with Crippen molar-refractivity contribution in [3.63, 3.8) is 0 Å². The summed E-state index contributed by atoms with van der Waals surface area (Å²) in [5, 5.41) is 0. The number of hydrogen-bond acceptors (Lipinski definition) is 0. The average molecular weight is 385 g/mol. The second kappa shape index (κ2) is 8.85. The Balaban J connectivity index is 0. The zero-order valence-electron chi connectivity index (χ0n) is 1.76. The fourth-order valence-electron chi connectivity index (χ4n) is 0. The summed E-state index contributed by atoms with van der Waals surface area (Å²) in [6.07, 6.45) is 0. The predicted octanol–water partition coefficient (Wildman–Crippen LogP) is 0.486. The molecular formula is H2Br2OPb.